The number of hydrogen-bond donors (Lipinski definition) is 0. The molecule has 0 radical (unpaired) electrons. The number of hydrogen-bond acceptors (Lipinski definition) is 3. The number of piperidine rings is 1. The van der Waals surface area contributed by atoms with Crippen LogP contribution < -0.4 is 5.56 Å². The first-order valence-electron chi connectivity index (χ1n) is 9.91. The average Bonchev–Trinajstić information content (AvgIpc) is 3.06. The fourth-order valence-electron chi connectivity index (χ4n) is 4.00. The maximum absolute atomic E-state index is 13.8. The number of aryl methyl sites for hydroxylation is 1. The molecule has 3 heterocycles. The van der Waals surface area contributed by atoms with Gasteiger partial charge in [-0.1, -0.05) is 6.07 Å². The second kappa shape index (κ2) is 7.82. The molecule has 4 rings (SSSR count). The molecule has 164 valence electrons. The molecule has 0 aliphatic carbocycles. The van der Waals surface area contributed by atoms with Crippen molar-refractivity contribution in [2.75, 3.05) is 13.1 Å². The molecule has 2 aromatic heterocycles. The molecule has 0 saturated carbocycles. The number of fused-ring (bicyclic) bond motifs is 1. The van der Waals surface area contributed by atoms with Crippen molar-refractivity contribution in [1.29, 1.82) is 0 Å². The van der Waals surface area contributed by atoms with Crippen molar-refractivity contribution < 1.29 is 22.4 Å². The molecule has 0 spiro atoms. The monoisotopic (exact) mass is 436 g/mol. The Labute approximate surface area is 174 Å². The number of amides is 1. The van der Waals surface area contributed by atoms with Crippen molar-refractivity contribution in [3.8, 4) is 5.69 Å². The lowest BCUT2D eigenvalue weighted by molar-refractivity contribution is -0.136. The normalized spacial score (nSPS) is 14.9. The molecular weight excluding hydrogens is 416 g/mol. The molecule has 0 bridgehead atoms. The summed E-state index contributed by atoms with van der Waals surface area (Å²) in [4.78, 5) is 27.2. The third-order valence-electron chi connectivity index (χ3n) is 5.46. The van der Waals surface area contributed by atoms with Crippen molar-refractivity contribution >= 4 is 16.9 Å². The predicted octanol–water partition coefficient (Wildman–Crippen LogP) is 3.67. The topological polar surface area (TPSA) is 60.1 Å². The molecule has 1 amide bonds. The molecule has 10 heteroatoms. The van der Waals surface area contributed by atoms with Crippen molar-refractivity contribution in [1.82, 2.24) is 19.2 Å². The van der Waals surface area contributed by atoms with Gasteiger partial charge in [-0.2, -0.15) is 18.3 Å². The van der Waals surface area contributed by atoms with Crippen LogP contribution in [0.2, 0.25) is 0 Å². The first kappa shape index (κ1) is 21.1. The molecule has 1 aliphatic heterocycles. The minimum absolute atomic E-state index is 0.0192. The lowest BCUT2D eigenvalue weighted by atomic mass is 10.1. The second-order valence-corrected chi connectivity index (χ2v) is 7.60. The summed E-state index contributed by atoms with van der Waals surface area (Å²) in [5.41, 5.74) is -2.12. The standard InChI is InChI=1S/C21H20F4N4O2/c1-13-19-16(21(23,24)25)11-17(30)28(12-18(31)27-8-3-2-4-9-27)20(19)29(26-13)15-7-5-6-14(22)10-15/h5-7,10-11H,2-4,8-9,12H2,1H3. The van der Waals surface area contributed by atoms with Crippen LogP contribution in [-0.2, 0) is 17.5 Å². The Balaban J connectivity index is 1.95. The van der Waals surface area contributed by atoms with E-state index in [9.17, 15) is 27.2 Å². The van der Waals surface area contributed by atoms with Crippen LogP contribution in [0.5, 0.6) is 0 Å². The Morgan fingerprint density at radius 1 is 1.13 bits per heavy atom. The first-order chi connectivity index (χ1) is 14.7. The molecule has 3 aromatic rings. The van der Waals surface area contributed by atoms with Crippen LogP contribution >= 0.6 is 0 Å². The van der Waals surface area contributed by atoms with E-state index in [2.05, 4.69) is 5.10 Å². The fourth-order valence-corrected chi connectivity index (χ4v) is 4.00. The molecule has 1 aliphatic rings. The minimum Gasteiger partial charge on any atom is -0.341 e. The van der Waals surface area contributed by atoms with Crippen molar-refractivity contribution in [2.45, 2.75) is 38.9 Å². The van der Waals surface area contributed by atoms with Gasteiger partial charge in [0.15, 0.2) is 0 Å². The minimum atomic E-state index is -4.80. The summed E-state index contributed by atoms with van der Waals surface area (Å²) in [5.74, 6) is -0.962. The van der Waals surface area contributed by atoms with Crippen LogP contribution in [0.4, 0.5) is 17.6 Å². The van der Waals surface area contributed by atoms with E-state index in [1.165, 1.54) is 25.1 Å². The number of aromatic nitrogens is 3. The van der Waals surface area contributed by atoms with E-state index >= 15 is 0 Å². The summed E-state index contributed by atoms with van der Waals surface area (Å²) in [6, 6.07) is 5.65. The molecule has 1 aromatic carbocycles. The smallest absolute Gasteiger partial charge is 0.341 e. The summed E-state index contributed by atoms with van der Waals surface area (Å²) < 4.78 is 57.0. The number of carbonyl (C=O) groups is 1. The quantitative estimate of drug-likeness (QED) is 0.589. The Morgan fingerprint density at radius 3 is 2.48 bits per heavy atom. The second-order valence-electron chi connectivity index (χ2n) is 7.60. The number of carbonyl (C=O) groups excluding carboxylic acids is 1. The van der Waals surface area contributed by atoms with E-state index in [0.29, 0.717) is 19.2 Å². The highest BCUT2D eigenvalue weighted by Crippen LogP contribution is 2.36. The van der Waals surface area contributed by atoms with E-state index in [0.717, 1.165) is 34.6 Å². The van der Waals surface area contributed by atoms with Crippen molar-refractivity contribution in [2.24, 2.45) is 0 Å². The Kier molecular flexibility index (Phi) is 5.32. The molecular formula is C21H20F4N4O2. The molecule has 0 atom stereocenters. The molecule has 1 saturated heterocycles. The number of benzene rings is 1. The van der Waals surface area contributed by atoms with Gasteiger partial charge in [0, 0.05) is 19.2 Å². The molecule has 31 heavy (non-hydrogen) atoms. The maximum atomic E-state index is 13.8. The van der Waals surface area contributed by atoms with Gasteiger partial charge in [0.05, 0.1) is 22.3 Å². The number of pyridine rings is 1. The SMILES string of the molecule is Cc1nn(-c2cccc(F)c2)c2c1c(C(F)(F)F)cc(=O)n2CC(=O)N1CCCCC1. The number of nitrogens with zero attached hydrogens (tertiary/aromatic N) is 4. The van der Waals surface area contributed by atoms with Gasteiger partial charge in [0.1, 0.15) is 18.0 Å². The highest BCUT2D eigenvalue weighted by Gasteiger charge is 2.36. The number of alkyl halides is 3. The van der Waals surface area contributed by atoms with Crippen LogP contribution in [0.15, 0.2) is 35.1 Å². The van der Waals surface area contributed by atoms with Crippen LogP contribution in [0.3, 0.4) is 0 Å². The first-order valence-corrected chi connectivity index (χ1v) is 9.91. The molecule has 0 unspecified atom stereocenters. The lowest BCUT2D eigenvalue weighted by Crippen LogP contribution is -2.40. The van der Waals surface area contributed by atoms with E-state index in [-0.39, 0.29) is 28.3 Å². The summed E-state index contributed by atoms with van der Waals surface area (Å²) in [5, 5.41) is 3.87. The highest BCUT2D eigenvalue weighted by molar-refractivity contribution is 5.86. The van der Waals surface area contributed by atoms with Gasteiger partial charge in [-0.15, -0.1) is 0 Å². The number of rotatable bonds is 3. The largest absolute Gasteiger partial charge is 0.417 e. The van der Waals surface area contributed by atoms with Gasteiger partial charge < -0.3 is 4.90 Å². The van der Waals surface area contributed by atoms with Crippen LogP contribution in [0, 0.1) is 12.7 Å². The van der Waals surface area contributed by atoms with Crippen LogP contribution in [0.1, 0.15) is 30.5 Å². The summed E-state index contributed by atoms with van der Waals surface area (Å²) in [7, 11) is 0. The summed E-state index contributed by atoms with van der Waals surface area (Å²) in [6.45, 7) is 2.04. The van der Waals surface area contributed by atoms with Crippen molar-refractivity contribution in [3.63, 3.8) is 0 Å². The predicted molar refractivity (Wildman–Crippen MR) is 105 cm³/mol. The van der Waals surface area contributed by atoms with Crippen molar-refractivity contribution in [3.05, 3.63) is 57.8 Å². The highest BCUT2D eigenvalue weighted by atomic mass is 19.4. The average molecular weight is 436 g/mol. The Bertz CT molecular complexity index is 1210. The number of halogens is 4. The van der Waals surface area contributed by atoms with Gasteiger partial charge >= 0.3 is 6.18 Å². The van der Waals surface area contributed by atoms with Gasteiger partial charge in [-0.3, -0.25) is 14.2 Å². The third kappa shape index (κ3) is 3.94. The number of likely N-dealkylation sites (tertiary alicyclic amines) is 1. The van der Waals surface area contributed by atoms with Gasteiger partial charge in [0.2, 0.25) is 5.91 Å². The molecule has 1 fully saturated rings. The van der Waals surface area contributed by atoms with Gasteiger partial charge in [-0.25, -0.2) is 9.07 Å². The van der Waals surface area contributed by atoms with Gasteiger partial charge in [-0.05, 0) is 44.4 Å². The third-order valence-corrected chi connectivity index (χ3v) is 5.46. The Morgan fingerprint density at radius 2 is 1.84 bits per heavy atom. The fraction of sp³-hybridized carbons (Fsp3) is 0.381. The zero-order valence-electron chi connectivity index (χ0n) is 16.7. The van der Waals surface area contributed by atoms with E-state index in [4.69, 9.17) is 0 Å². The lowest BCUT2D eigenvalue weighted by Gasteiger charge is -2.27. The summed E-state index contributed by atoms with van der Waals surface area (Å²) in [6.07, 6.45) is -2.12. The van der Waals surface area contributed by atoms with Gasteiger partial charge in [0.25, 0.3) is 5.56 Å². The Hall–Kier alpha value is -3.17. The molecule has 6 nitrogen and oxygen atoms in total. The van der Waals surface area contributed by atoms with E-state index in [1.807, 2.05) is 0 Å². The van der Waals surface area contributed by atoms with E-state index in [1.54, 1.807) is 4.90 Å². The zero-order valence-corrected chi connectivity index (χ0v) is 16.7. The van der Waals surface area contributed by atoms with Crippen LogP contribution in [0.25, 0.3) is 16.7 Å². The zero-order chi connectivity index (χ0) is 22.3. The molecule has 0 N–H and O–H groups in total. The summed E-state index contributed by atoms with van der Waals surface area (Å²) >= 11 is 0. The maximum Gasteiger partial charge on any atom is 0.417 e. The van der Waals surface area contributed by atoms with E-state index < -0.39 is 29.7 Å². The van der Waals surface area contributed by atoms with Crippen LogP contribution in [-0.4, -0.2) is 38.2 Å².